The smallest absolute Gasteiger partial charge is 0.0546 e. The molecule has 0 N–H and O–H groups in total. The number of benzene rings is 8. The predicted octanol–water partition coefficient (Wildman–Crippen LogP) is 12.1. The van der Waals surface area contributed by atoms with Gasteiger partial charge in [-0.3, -0.25) is 0 Å². The maximum atomic E-state index is 2.37. The Morgan fingerprint density at radius 3 is 1.32 bits per heavy atom. The van der Waals surface area contributed by atoms with E-state index in [1.54, 1.807) is 0 Å². The maximum Gasteiger partial charge on any atom is 0.0546 e. The van der Waals surface area contributed by atoms with Crippen LogP contribution >= 0.6 is 0 Å². The molecule has 0 bridgehead atoms. The standard InChI is InChI=1S/C42H30N2/c1-5-15-33(16-6-1)43(34-17-7-2-8-18-34)37-26-29-38-32(30-37)25-28-40-39(38)27-24-31-14-13-23-41(42(31)40)44(35-19-9-3-10-20-35)36-21-11-4-12-22-36/h1-30H. The molecule has 8 aromatic rings. The molecule has 2 nitrogen and oxygen atoms in total. The quantitative estimate of drug-likeness (QED) is 0.186. The normalized spacial score (nSPS) is 11.2. The van der Waals surface area contributed by atoms with Gasteiger partial charge in [-0.1, -0.05) is 115 Å². The Morgan fingerprint density at radius 2 is 0.750 bits per heavy atom. The van der Waals surface area contributed by atoms with Crippen LogP contribution in [0.5, 0.6) is 0 Å². The van der Waals surface area contributed by atoms with Gasteiger partial charge in [0, 0.05) is 33.8 Å². The molecule has 8 rings (SSSR count). The first-order chi connectivity index (χ1) is 21.8. The van der Waals surface area contributed by atoms with Crippen LogP contribution in [-0.4, -0.2) is 0 Å². The van der Waals surface area contributed by atoms with Crippen molar-refractivity contribution in [2.24, 2.45) is 0 Å². The first-order valence-electron chi connectivity index (χ1n) is 15.0. The molecule has 0 radical (unpaired) electrons. The van der Waals surface area contributed by atoms with Crippen LogP contribution in [0.3, 0.4) is 0 Å². The fraction of sp³-hybridized carbons (Fsp3) is 0. The topological polar surface area (TPSA) is 6.48 Å². The maximum absolute atomic E-state index is 2.37. The minimum Gasteiger partial charge on any atom is -0.310 e. The van der Waals surface area contributed by atoms with Crippen molar-refractivity contribution in [1.29, 1.82) is 0 Å². The fourth-order valence-corrected chi connectivity index (χ4v) is 6.41. The minimum atomic E-state index is 1.13. The predicted molar refractivity (Wildman–Crippen MR) is 188 cm³/mol. The van der Waals surface area contributed by atoms with Gasteiger partial charge in [0.1, 0.15) is 0 Å². The van der Waals surface area contributed by atoms with Crippen molar-refractivity contribution >= 4 is 66.4 Å². The van der Waals surface area contributed by atoms with E-state index < -0.39 is 0 Å². The number of para-hydroxylation sites is 4. The zero-order chi connectivity index (χ0) is 29.3. The highest BCUT2D eigenvalue weighted by molar-refractivity contribution is 6.21. The molecule has 8 aromatic carbocycles. The molecule has 2 heteroatoms. The van der Waals surface area contributed by atoms with Crippen molar-refractivity contribution in [3.05, 3.63) is 182 Å². The molecule has 0 aliphatic carbocycles. The Kier molecular flexibility index (Phi) is 6.51. The fourth-order valence-electron chi connectivity index (χ4n) is 6.41. The van der Waals surface area contributed by atoms with E-state index in [9.17, 15) is 0 Å². The summed E-state index contributed by atoms with van der Waals surface area (Å²) in [7, 11) is 0. The summed E-state index contributed by atoms with van der Waals surface area (Å²) >= 11 is 0. The van der Waals surface area contributed by atoms with E-state index >= 15 is 0 Å². The molecular formula is C42H30N2. The molecular weight excluding hydrogens is 532 g/mol. The van der Waals surface area contributed by atoms with Crippen LogP contribution in [0.2, 0.25) is 0 Å². The minimum absolute atomic E-state index is 1.13. The number of hydrogen-bond acceptors (Lipinski definition) is 2. The second-order valence-electron chi connectivity index (χ2n) is 11.0. The van der Waals surface area contributed by atoms with E-state index in [0.29, 0.717) is 0 Å². The van der Waals surface area contributed by atoms with Gasteiger partial charge in [0.25, 0.3) is 0 Å². The molecule has 0 heterocycles. The van der Waals surface area contributed by atoms with Gasteiger partial charge in [0.2, 0.25) is 0 Å². The summed E-state index contributed by atoms with van der Waals surface area (Å²) in [5, 5.41) is 7.43. The molecule has 0 aromatic heterocycles. The Balaban J connectivity index is 1.33. The van der Waals surface area contributed by atoms with Gasteiger partial charge in [0.15, 0.2) is 0 Å². The molecule has 0 saturated carbocycles. The summed E-state index contributed by atoms with van der Waals surface area (Å²) in [6, 6.07) is 65.0. The van der Waals surface area contributed by atoms with Crippen LogP contribution in [0.1, 0.15) is 0 Å². The van der Waals surface area contributed by atoms with Crippen LogP contribution in [0.4, 0.5) is 34.1 Å². The lowest BCUT2D eigenvalue weighted by Crippen LogP contribution is -2.10. The van der Waals surface area contributed by atoms with Crippen molar-refractivity contribution in [3.63, 3.8) is 0 Å². The summed E-state index contributed by atoms with van der Waals surface area (Å²) in [5.74, 6) is 0. The van der Waals surface area contributed by atoms with E-state index in [4.69, 9.17) is 0 Å². The lowest BCUT2D eigenvalue weighted by Gasteiger charge is -2.27. The number of hydrogen-bond donors (Lipinski definition) is 0. The Morgan fingerprint density at radius 1 is 0.273 bits per heavy atom. The number of anilines is 6. The van der Waals surface area contributed by atoms with Crippen LogP contribution < -0.4 is 9.80 Å². The third kappa shape index (κ3) is 4.54. The molecule has 208 valence electrons. The van der Waals surface area contributed by atoms with Gasteiger partial charge in [-0.05, 0) is 93.7 Å². The third-order valence-electron chi connectivity index (χ3n) is 8.38. The SMILES string of the molecule is c1ccc(N(c2ccccc2)c2ccc3c(ccc4c3ccc3cccc(N(c5ccccc5)c5ccccc5)c34)c2)cc1. The largest absolute Gasteiger partial charge is 0.310 e. The molecule has 0 amide bonds. The van der Waals surface area contributed by atoms with E-state index in [-0.39, 0.29) is 0 Å². The number of rotatable bonds is 6. The molecule has 0 aliphatic heterocycles. The zero-order valence-corrected chi connectivity index (χ0v) is 24.2. The first kappa shape index (κ1) is 25.8. The highest BCUT2D eigenvalue weighted by Crippen LogP contribution is 2.43. The van der Waals surface area contributed by atoms with Crippen molar-refractivity contribution in [3.8, 4) is 0 Å². The molecule has 0 unspecified atom stereocenters. The summed E-state index contributed by atoms with van der Waals surface area (Å²) in [5.41, 5.74) is 6.84. The van der Waals surface area contributed by atoms with E-state index in [0.717, 1.165) is 28.4 Å². The summed E-state index contributed by atoms with van der Waals surface area (Å²) < 4.78 is 0. The average Bonchev–Trinajstić information content (AvgIpc) is 3.10. The Hall–Kier alpha value is -5.86. The number of fused-ring (bicyclic) bond motifs is 5. The molecule has 44 heavy (non-hydrogen) atoms. The van der Waals surface area contributed by atoms with Crippen LogP contribution in [0.25, 0.3) is 32.3 Å². The Labute approximate surface area is 257 Å². The highest BCUT2D eigenvalue weighted by Gasteiger charge is 2.18. The zero-order valence-electron chi connectivity index (χ0n) is 24.2. The van der Waals surface area contributed by atoms with Gasteiger partial charge < -0.3 is 9.80 Å². The molecule has 0 spiro atoms. The van der Waals surface area contributed by atoms with E-state index in [1.807, 2.05) is 0 Å². The Bertz CT molecular complexity index is 2130. The monoisotopic (exact) mass is 562 g/mol. The van der Waals surface area contributed by atoms with Crippen molar-refractivity contribution in [2.45, 2.75) is 0 Å². The third-order valence-corrected chi connectivity index (χ3v) is 8.38. The highest BCUT2D eigenvalue weighted by atomic mass is 15.1. The van der Waals surface area contributed by atoms with Crippen LogP contribution in [-0.2, 0) is 0 Å². The summed E-state index contributed by atoms with van der Waals surface area (Å²) in [6.07, 6.45) is 0. The first-order valence-corrected chi connectivity index (χ1v) is 15.0. The van der Waals surface area contributed by atoms with Crippen molar-refractivity contribution < 1.29 is 0 Å². The number of nitrogens with zero attached hydrogens (tertiary/aromatic N) is 2. The van der Waals surface area contributed by atoms with E-state index in [1.165, 1.54) is 38.0 Å². The second kappa shape index (κ2) is 11.1. The molecule has 0 aliphatic rings. The molecule has 0 fully saturated rings. The molecule has 0 atom stereocenters. The average molecular weight is 563 g/mol. The van der Waals surface area contributed by atoms with Crippen LogP contribution in [0, 0.1) is 0 Å². The van der Waals surface area contributed by atoms with Crippen LogP contribution in [0.15, 0.2) is 182 Å². The van der Waals surface area contributed by atoms with E-state index in [2.05, 4.69) is 192 Å². The summed E-state index contributed by atoms with van der Waals surface area (Å²) in [4.78, 5) is 4.69. The van der Waals surface area contributed by atoms with Crippen molar-refractivity contribution in [1.82, 2.24) is 0 Å². The lowest BCUT2D eigenvalue weighted by atomic mass is 9.95. The lowest BCUT2D eigenvalue weighted by molar-refractivity contribution is 1.29. The van der Waals surface area contributed by atoms with Gasteiger partial charge in [-0.2, -0.15) is 0 Å². The summed E-state index contributed by atoms with van der Waals surface area (Å²) in [6.45, 7) is 0. The van der Waals surface area contributed by atoms with Gasteiger partial charge in [-0.25, -0.2) is 0 Å². The van der Waals surface area contributed by atoms with Gasteiger partial charge in [0.05, 0.1) is 5.69 Å². The van der Waals surface area contributed by atoms with Gasteiger partial charge in [-0.15, -0.1) is 0 Å². The van der Waals surface area contributed by atoms with Gasteiger partial charge >= 0.3 is 0 Å². The second-order valence-corrected chi connectivity index (χ2v) is 11.0. The van der Waals surface area contributed by atoms with Crippen molar-refractivity contribution in [2.75, 3.05) is 9.80 Å². The molecule has 0 saturated heterocycles.